The molecule has 1 aromatic carbocycles. The molecule has 0 amide bonds. The lowest BCUT2D eigenvalue weighted by Crippen LogP contribution is -2.37. The zero-order valence-corrected chi connectivity index (χ0v) is 9.15. The van der Waals surface area contributed by atoms with Gasteiger partial charge in [-0.3, -0.25) is 10.1 Å². The summed E-state index contributed by atoms with van der Waals surface area (Å²) in [5.74, 6) is 0.508. The van der Waals surface area contributed by atoms with Gasteiger partial charge in [0, 0.05) is 18.2 Å². The molecule has 3 unspecified atom stereocenters. The first-order valence-corrected chi connectivity index (χ1v) is 5.42. The average Bonchev–Trinajstić information content (AvgIpc) is 2.62. The fourth-order valence-corrected chi connectivity index (χ4v) is 1.92. The largest absolute Gasteiger partial charge is 0.488 e. The fourth-order valence-electron chi connectivity index (χ4n) is 1.92. The fraction of sp³-hybridized carbons (Fsp3) is 0.455. The second kappa shape index (κ2) is 4.68. The van der Waals surface area contributed by atoms with Gasteiger partial charge in [-0.15, -0.1) is 0 Å². The van der Waals surface area contributed by atoms with Gasteiger partial charge in [0.15, 0.2) is 0 Å². The van der Waals surface area contributed by atoms with Crippen LogP contribution in [0, 0.1) is 10.1 Å². The quantitative estimate of drug-likeness (QED) is 0.600. The SMILES string of the molecule is NC1CCC(Oc2ccc([N+](=O)[O-])cc2)C1O. The smallest absolute Gasteiger partial charge is 0.269 e. The van der Waals surface area contributed by atoms with Crippen LogP contribution in [0.4, 0.5) is 5.69 Å². The Labute approximate surface area is 98.2 Å². The molecule has 0 aliphatic heterocycles. The van der Waals surface area contributed by atoms with Gasteiger partial charge >= 0.3 is 0 Å². The van der Waals surface area contributed by atoms with E-state index in [1.54, 1.807) is 0 Å². The van der Waals surface area contributed by atoms with Gasteiger partial charge in [0.2, 0.25) is 0 Å². The molecule has 0 saturated heterocycles. The first kappa shape index (κ1) is 11.8. The Hall–Kier alpha value is -1.66. The standard InChI is InChI=1S/C11H14N2O4/c12-9-5-6-10(11(9)14)17-8-3-1-7(2-4-8)13(15)16/h1-4,9-11,14H,5-6,12H2. The molecule has 3 N–H and O–H groups in total. The summed E-state index contributed by atoms with van der Waals surface area (Å²) in [6.07, 6.45) is 0.412. The van der Waals surface area contributed by atoms with Gasteiger partial charge in [-0.25, -0.2) is 0 Å². The zero-order chi connectivity index (χ0) is 12.4. The first-order valence-electron chi connectivity index (χ1n) is 5.42. The van der Waals surface area contributed by atoms with Crippen LogP contribution in [0.25, 0.3) is 0 Å². The van der Waals surface area contributed by atoms with Crippen molar-refractivity contribution in [3.63, 3.8) is 0 Å². The summed E-state index contributed by atoms with van der Waals surface area (Å²) < 4.78 is 5.54. The summed E-state index contributed by atoms with van der Waals surface area (Å²) in [5, 5.41) is 20.2. The lowest BCUT2D eigenvalue weighted by atomic mass is 10.2. The van der Waals surface area contributed by atoms with Crippen LogP contribution in [0.3, 0.4) is 0 Å². The lowest BCUT2D eigenvalue weighted by molar-refractivity contribution is -0.384. The molecule has 0 radical (unpaired) electrons. The number of non-ortho nitro benzene ring substituents is 1. The Morgan fingerprint density at radius 2 is 2.00 bits per heavy atom. The van der Waals surface area contributed by atoms with Crippen LogP contribution in [0.1, 0.15) is 12.8 Å². The topological polar surface area (TPSA) is 98.6 Å². The monoisotopic (exact) mass is 238 g/mol. The average molecular weight is 238 g/mol. The van der Waals surface area contributed by atoms with E-state index in [9.17, 15) is 15.2 Å². The number of nitro groups is 1. The van der Waals surface area contributed by atoms with Crippen molar-refractivity contribution in [3.05, 3.63) is 34.4 Å². The molecule has 1 aliphatic rings. The number of benzene rings is 1. The van der Waals surface area contributed by atoms with E-state index >= 15 is 0 Å². The van der Waals surface area contributed by atoms with Crippen molar-refractivity contribution in [2.75, 3.05) is 0 Å². The number of aliphatic hydroxyl groups excluding tert-OH is 1. The molecule has 0 spiro atoms. The highest BCUT2D eigenvalue weighted by Gasteiger charge is 2.33. The predicted octanol–water partition coefficient (Wildman–Crippen LogP) is 0.824. The third kappa shape index (κ3) is 2.54. The second-order valence-corrected chi connectivity index (χ2v) is 4.14. The van der Waals surface area contributed by atoms with Crippen LogP contribution >= 0.6 is 0 Å². The summed E-state index contributed by atoms with van der Waals surface area (Å²) in [6, 6.07) is 5.54. The van der Waals surface area contributed by atoms with E-state index in [4.69, 9.17) is 10.5 Å². The van der Waals surface area contributed by atoms with Crippen LogP contribution in [-0.4, -0.2) is 28.3 Å². The van der Waals surface area contributed by atoms with E-state index in [0.717, 1.165) is 6.42 Å². The third-order valence-corrected chi connectivity index (χ3v) is 2.94. The van der Waals surface area contributed by atoms with Crippen molar-refractivity contribution < 1.29 is 14.8 Å². The third-order valence-electron chi connectivity index (χ3n) is 2.94. The van der Waals surface area contributed by atoms with E-state index < -0.39 is 11.0 Å². The molecule has 6 heteroatoms. The van der Waals surface area contributed by atoms with E-state index in [1.807, 2.05) is 0 Å². The molecule has 1 aromatic rings. The molecule has 1 saturated carbocycles. The molecule has 6 nitrogen and oxygen atoms in total. The van der Waals surface area contributed by atoms with Gasteiger partial charge in [0.05, 0.1) is 4.92 Å². The Morgan fingerprint density at radius 3 is 2.47 bits per heavy atom. The molecule has 1 aliphatic carbocycles. The van der Waals surface area contributed by atoms with E-state index in [2.05, 4.69) is 0 Å². The van der Waals surface area contributed by atoms with Gasteiger partial charge in [-0.05, 0) is 25.0 Å². The molecular weight excluding hydrogens is 224 g/mol. The molecule has 1 fully saturated rings. The minimum absolute atomic E-state index is 0.0148. The van der Waals surface area contributed by atoms with Crippen LogP contribution in [0.5, 0.6) is 5.75 Å². The lowest BCUT2D eigenvalue weighted by Gasteiger charge is -2.18. The summed E-state index contributed by atoms with van der Waals surface area (Å²) in [4.78, 5) is 9.99. The van der Waals surface area contributed by atoms with Gasteiger partial charge < -0.3 is 15.6 Å². The Morgan fingerprint density at radius 1 is 1.35 bits per heavy atom. The Bertz CT molecular complexity index is 406. The van der Waals surface area contributed by atoms with E-state index in [0.29, 0.717) is 12.2 Å². The molecular formula is C11H14N2O4. The number of nitrogens with zero attached hydrogens (tertiary/aromatic N) is 1. The van der Waals surface area contributed by atoms with Crippen molar-refractivity contribution in [3.8, 4) is 5.75 Å². The number of hydrogen-bond donors (Lipinski definition) is 2. The minimum Gasteiger partial charge on any atom is -0.488 e. The van der Waals surface area contributed by atoms with Crippen LogP contribution in [-0.2, 0) is 0 Å². The van der Waals surface area contributed by atoms with E-state index in [1.165, 1.54) is 24.3 Å². The summed E-state index contributed by atoms with van der Waals surface area (Å²) in [5.41, 5.74) is 5.68. The highest BCUT2D eigenvalue weighted by Crippen LogP contribution is 2.25. The summed E-state index contributed by atoms with van der Waals surface area (Å²) in [6.45, 7) is 0. The number of ether oxygens (including phenoxy) is 1. The van der Waals surface area contributed by atoms with Gasteiger partial charge in [0.1, 0.15) is 18.0 Å². The van der Waals surface area contributed by atoms with Gasteiger partial charge in [-0.2, -0.15) is 0 Å². The molecule has 17 heavy (non-hydrogen) atoms. The van der Waals surface area contributed by atoms with Crippen molar-refractivity contribution in [1.82, 2.24) is 0 Å². The van der Waals surface area contributed by atoms with Crippen LogP contribution in [0.15, 0.2) is 24.3 Å². The number of nitro benzene ring substituents is 1. The number of hydrogen-bond acceptors (Lipinski definition) is 5. The molecule has 0 heterocycles. The Kier molecular flexibility index (Phi) is 3.26. The zero-order valence-electron chi connectivity index (χ0n) is 9.15. The molecule has 2 rings (SSSR count). The first-order chi connectivity index (χ1) is 8.08. The summed E-state index contributed by atoms with van der Waals surface area (Å²) >= 11 is 0. The number of aliphatic hydroxyl groups is 1. The minimum atomic E-state index is -0.676. The highest BCUT2D eigenvalue weighted by molar-refractivity contribution is 5.36. The maximum atomic E-state index is 10.5. The van der Waals surface area contributed by atoms with Gasteiger partial charge in [0.25, 0.3) is 5.69 Å². The maximum Gasteiger partial charge on any atom is 0.269 e. The summed E-state index contributed by atoms with van der Waals surface area (Å²) in [7, 11) is 0. The van der Waals surface area contributed by atoms with Crippen LogP contribution < -0.4 is 10.5 Å². The van der Waals surface area contributed by atoms with E-state index in [-0.39, 0.29) is 17.8 Å². The number of nitrogens with two attached hydrogens (primary N) is 1. The molecule has 92 valence electrons. The molecule has 0 bridgehead atoms. The predicted molar refractivity (Wildman–Crippen MR) is 60.7 cm³/mol. The number of rotatable bonds is 3. The van der Waals surface area contributed by atoms with Gasteiger partial charge in [-0.1, -0.05) is 0 Å². The van der Waals surface area contributed by atoms with Crippen molar-refractivity contribution in [2.45, 2.75) is 31.1 Å². The second-order valence-electron chi connectivity index (χ2n) is 4.14. The maximum absolute atomic E-state index is 10.5. The highest BCUT2D eigenvalue weighted by atomic mass is 16.6. The van der Waals surface area contributed by atoms with Crippen LogP contribution in [0.2, 0.25) is 0 Å². The van der Waals surface area contributed by atoms with Crippen molar-refractivity contribution in [1.29, 1.82) is 0 Å². The Balaban J connectivity index is 2.02. The molecule has 0 aromatic heterocycles. The van der Waals surface area contributed by atoms with Crippen molar-refractivity contribution in [2.24, 2.45) is 5.73 Å². The normalized spacial score (nSPS) is 28.0. The van der Waals surface area contributed by atoms with Crippen molar-refractivity contribution >= 4 is 5.69 Å². The molecule has 3 atom stereocenters.